The van der Waals surface area contributed by atoms with Gasteiger partial charge in [0.2, 0.25) is 0 Å². The molecule has 1 aliphatic carbocycles. The van der Waals surface area contributed by atoms with E-state index in [1.807, 2.05) is 0 Å². The minimum Gasteiger partial charge on any atom is -0.459 e. The number of carbonyl (C=O) groups is 2. The highest BCUT2D eigenvalue weighted by Crippen LogP contribution is 2.27. The fourth-order valence-corrected chi connectivity index (χ4v) is 1.78. The lowest BCUT2D eigenvalue weighted by Gasteiger charge is -2.31. The number of hydrogen-bond donors (Lipinski definition) is 0. The van der Waals surface area contributed by atoms with Crippen molar-refractivity contribution in [1.29, 1.82) is 0 Å². The molecule has 0 N–H and O–H groups in total. The lowest BCUT2D eigenvalue weighted by molar-refractivity contribution is -0.158. The van der Waals surface area contributed by atoms with Crippen molar-refractivity contribution < 1.29 is 23.5 Å². The molecule has 2 unspecified atom stereocenters. The molecule has 1 rings (SSSR count). The summed E-state index contributed by atoms with van der Waals surface area (Å²) in [5.41, 5.74) is 0.522. The maximum atomic E-state index is 13.9. The zero-order valence-corrected chi connectivity index (χ0v) is 11.3. The molecule has 0 aromatic carbocycles. The molecule has 0 aliphatic heterocycles. The normalized spacial score (nSPS) is 26.4. The van der Waals surface area contributed by atoms with E-state index >= 15 is 0 Å². The summed E-state index contributed by atoms with van der Waals surface area (Å²) in [6.45, 7) is 9.96. The lowest BCUT2D eigenvalue weighted by atomic mass is 9.93. The van der Waals surface area contributed by atoms with Gasteiger partial charge in [0, 0.05) is 17.6 Å². The third-order valence-corrected chi connectivity index (χ3v) is 2.89. The second-order valence-corrected chi connectivity index (χ2v) is 4.86. The molecule has 1 fully saturated rings. The molecule has 1 aliphatic rings. The van der Waals surface area contributed by atoms with E-state index in [0.29, 0.717) is 12.8 Å². The van der Waals surface area contributed by atoms with E-state index in [-0.39, 0.29) is 17.6 Å². The number of esters is 2. The maximum absolute atomic E-state index is 13.9. The number of ether oxygens (including phenoxy) is 2. The first-order valence-corrected chi connectivity index (χ1v) is 6.18. The summed E-state index contributed by atoms with van der Waals surface area (Å²) in [6, 6.07) is 0. The Morgan fingerprint density at radius 1 is 1.05 bits per heavy atom. The minimum absolute atomic E-state index is 0.0349. The molecule has 0 aromatic heterocycles. The molecule has 0 saturated heterocycles. The molecule has 0 radical (unpaired) electrons. The van der Waals surface area contributed by atoms with Gasteiger partial charge in [0.15, 0.2) is 0 Å². The zero-order chi connectivity index (χ0) is 14.6. The molecule has 0 heterocycles. The van der Waals surface area contributed by atoms with Crippen LogP contribution in [0, 0.1) is 0 Å². The highest BCUT2D eigenvalue weighted by atomic mass is 19.1. The van der Waals surface area contributed by atoms with Crippen LogP contribution in [-0.2, 0) is 19.1 Å². The van der Waals surface area contributed by atoms with Crippen LogP contribution in [-0.4, -0.2) is 30.3 Å². The van der Waals surface area contributed by atoms with E-state index in [2.05, 4.69) is 13.2 Å². The fourth-order valence-electron chi connectivity index (χ4n) is 1.78. The molecule has 3 atom stereocenters. The Morgan fingerprint density at radius 2 is 1.58 bits per heavy atom. The van der Waals surface area contributed by atoms with E-state index in [4.69, 9.17) is 9.47 Å². The summed E-state index contributed by atoms with van der Waals surface area (Å²) in [4.78, 5) is 22.6. The van der Waals surface area contributed by atoms with Crippen LogP contribution in [0.5, 0.6) is 0 Å². The molecule has 1 saturated carbocycles. The van der Waals surface area contributed by atoms with Gasteiger partial charge >= 0.3 is 11.9 Å². The summed E-state index contributed by atoms with van der Waals surface area (Å²) in [7, 11) is 0. The third-order valence-electron chi connectivity index (χ3n) is 2.89. The van der Waals surface area contributed by atoms with Crippen LogP contribution in [0.2, 0.25) is 0 Å². The lowest BCUT2D eigenvalue weighted by Crippen LogP contribution is -2.38. The van der Waals surface area contributed by atoms with E-state index in [9.17, 15) is 14.0 Å². The molecule has 106 valence electrons. The standard InChI is InChI=1S/C14H19FO4/c1-8(2)13(16)18-10-5-6-12(11(15)7-10)19-14(17)9(3)4/h10-12H,1,3,5-7H2,2,4H3/t10?,11?,12-/m1/s1. The van der Waals surface area contributed by atoms with Gasteiger partial charge in [0.05, 0.1) is 0 Å². The largest absolute Gasteiger partial charge is 0.459 e. The fraction of sp³-hybridized carbons (Fsp3) is 0.571. The van der Waals surface area contributed by atoms with Crippen LogP contribution in [0.4, 0.5) is 4.39 Å². The monoisotopic (exact) mass is 270 g/mol. The topological polar surface area (TPSA) is 52.6 Å². The molecule has 0 aromatic rings. The Bertz CT molecular complexity index is 402. The maximum Gasteiger partial charge on any atom is 0.333 e. The number of carbonyl (C=O) groups excluding carboxylic acids is 2. The van der Waals surface area contributed by atoms with Crippen LogP contribution < -0.4 is 0 Å². The van der Waals surface area contributed by atoms with Gasteiger partial charge in [-0.3, -0.25) is 0 Å². The molecule has 0 spiro atoms. The average molecular weight is 270 g/mol. The number of hydrogen-bond acceptors (Lipinski definition) is 4. The van der Waals surface area contributed by atoms with Crippen molar-refractivity contribution >= 4 is 11.9 Å². The van der Waals surface area contributed by atoms with Gasteiger partial charge in [0.25, 0.3) is 0 Å². The summed E-state index contributed by atoms with van der Waals surface area (Å²) < 4.78 is 23.9. The van der Waals surface area contributed by atoms with Gasteiger partial charge in [0.1, 0.15) is 18.4 Å². The van der Waals surface area contributed by atoms with Gasteiger partial charge in [-0.25, -0.2) is 14.0 Å². The van der Waals surface area contributed by atoms with Crippen molar-refractivity contribution in [1.82, 2.24) is 0 Å². The molecular weight excluding hydrogens is 251 g/mol. The van der Waals surface area contributed by atoms with Gasteiger partial charge < -0.3 is 9.47 Å². The quantitative estimate of drug-likeness (QED) is 0.581. The van der Waals surface area contributed by atoms with Crippen molar-refractivity contribution in [3.63, 3.8) is 0 Å². The predicted molar refractivity (Wildman–Crippen MR) is 68.1 cm³/mol. The molecule has 19 heavy (non-hydrogen) atoms. The SMILES string of the molecule is C=C(C)C(=O)OC1CC[C@@H](OC(=O)C(=C)C)C(F)C1. The average Bonchev–Trinajstić information content (AvgIpc) is 2.32. The second kappa shape index (κ2) is 6.50. The Labute approximate surface area is 112 Å². The number of alkyl halides is 1. The Kier molecular flexibility index (Phi) is 5.27. The molecular formula is C14H19FO4. The summed E-state index contributed by atoms with van der Waals surface area (Å²) in [5, 5.41) is 0. The van der Waals surface area contributed by atoms with Crippen molar-refractivity contribution in [2.45, 2.75) is 51.5 Å². The second-order valence-electron chi connectivity index (χ2n) is 4.86. The summed E-state index contributed by atoms with van der Waals surface area (Å²) >= 11 is 0. The van der Waals surface area contributed by atoms with Crippen molar-refractivity contribution in [2.75, 3.05) is 0 Å². The van der Waals surface area contributed by atoms with Crippen LogP contribution in [0.1, 0.15) is 33.1 Å². The van der Waals surface area contributed by atoms with Crippen LogP contribution in [0.3, 0.4) is 0 Å². The van der Waals surface area contributed by atoms with E-state index < -0.39 is 30.3 Å². The zero-order valence-electron chi connectivity index (χ0n) is 11.3. The first-order chi connectivity index (χ1) is 8.81. The number of rotatable bonds is 4. The molecule has 0 bridgehead atoms. The minimum atomic E-state index is -1.33. The summed E-state index contributed by atoms with van der Waals surface area (Å²) in [6.07, 6.45) is -1.78. The smallest absolute Gasteiger partial charge is 0.333 e. The van der Waals surface area contributed by atoms with Crippen LogP contribution >= 0.6 is 0 Å². The van der Waals surface area contributed by atoms with Crippen LogP contribution in [0.15, 0.2) is 24.3 Å². The van der Waals surface area contributed by atoms with Crippen molar-refractivity contribution in [3.8, 4) is 0 Å². The van der Waals surface area contributed by atoms with Crippen LogP contribution in [0.25, 0.3) is 0 Å². The van der Waals surface area contributed by atoms with Crippen molar-refractivity contribution in [2.24, 2.45) is 0 Å². The highest BCUT2D eigenvalue weighted by Gasteiger charge is 2.35. The molecule has 0 amide bonds. The van der Waals surface area contributed by atoms with E-state index in [0.717, 1.165) is 0 Å². The number of halogens is 1. The Hall–Kier alpha value is -1.65. The Morgan fingerprint density at radius 3 is 2.05 bits per heavy atom. The van der Waals surface area contributed by atoms with Crippen molar-refractivity contribution in [3.05, 3.63) is 24.3 Å². The Balaban J connectivity index is 2.47. The predicted octanol–water partition coefficient (Wildman–Crippen LogP) is 2.48. The van der Waals surface area contributed by atoms with E-state index in [1.165, 1.54) is 13.8 Å². The third kappa shape index (κ3) is 4.50. The highest BCUT2D eigenvalue weighted by molar-refractivity contribution is 5.87. The first kappa shape index (κ1) is 15.4. The molecule has 5 heteroatoms. The first-order valence-electron chi connectivity index (χ1n) is 6.18. The molecule has 4 nitrogen and oxygen atoms in total. The van der Waals surface area contributed by atoms with Gasteiger partial charge in [-0.2, -0.15) is 0 Å². The van der Waals surface area contributed by atoms with Gasteiger partial charge in [-0.05, 0) is 26.7 Å². The van der Waals surface area contributed by atoms with Gasteiger partial charge in [-0.15, -0.1) is 0 Å². The van der Waals surface area contributed by atoms with E-state index in [1.54, 1.807) is 0 Å². The summed E-state index contributed by atoms with van der Waals surface area (Å²) in [5.74, 6) is -1.11. The van der Waals surface area contributed by atoms with Gasteiger partial charge in [-0.1, -0.05) is 13.2 Å².